The summed E-state index contributed by atoms with van der Waals surface area (Å²) in [5.74, 6) is 0.856. The first-order valence-electron chi connectivity index (χ1n) is 4.65. The molecule has 0 saturated heterocycles. The minimum atomic E-state index is 0.856. The lowest BCUT2D eigenvalue weighted by Crippen LogP contribution is -2.17. The average Bonchev–Trinajstić information content (AvgIpc) is 2.74. The molecule has 0 amide bonds. The topological polar surface area (TPSA) is 31.9 Å². The minimum Gasteiger partial charge on any atom is -0.331 e. The van der Waals surface area contributed by atoms with Gasteiger partial charge in [-0.1, -0.05) is 18.2 Å². The molecule has 1 aromatic carbocycles. The van der Waals surface area contributed by atoms with Gasteiger partial charge in [0.15, 0.2) is 0 Å². The van der Waals surface area contributed by atoms with E-state index in [1.54, 1.807) is 6.20 Å². The third-order valence-electron chi connectivity index (χ3n) is 2.04. The van der Waals surface area contributed by atoms with Crippen LogP contribution in [0.4, 0.5) is 11.6 Å². The van der Waals surface area contributed by atoms with Gasteiger partial charge in [-0.2, -0.15) is 0 Å². The first-order chi connectivity index (χ1) is 6.92. The van der Waals surface area contributed by atoms with Gasteiger partial charge < -0.3 is 9.88 Å². The molecular weight excluding hydrogens is 174 g/mol. The quantitative estimate of drug-likeness (QED) is 0.798. The van der Waals surface area contributed by atoms with Crippen LogP contribution in [0.1, 0.15) is 6.92 Å². The van der Waals surface area contributed by atoms with E-state index in [2.05, 4.69) is 27.9 Å². The minimum absolute atomic E-state index is 0.856. The number of aromatic amines is 1. The fourth-order valence-electron chi connectivity index (χ4n) is 1.39. The first-order valence-corrected chi connectivity index (χ1v) is 4.65. The largest absolute Gasteiger partial charge is 0.331 e. The van der Waals surface area contributed by atoms with Gasteiger partial charge in [-0.25, -0.2) is 4.98 Å². The third-order valence-corrected chi connectivity index (χ3v) is 2.04. The van der Waals surface area contributed by atoms with Crippen molar-refractivity contribution in [1.29, 1.82) is 0 Å². The van der Waals surface area contributed by atoms with E-state index in [0.29, 0.717) is 0 Å². The normalized spacial score (nSPS) is 10.1. The Morgan fingerprint density at radius 2 is 2.43 bits per heavy atom. The van der Waals surface area contributed by atoms with E-state index in [-0.39, 0.29) is 0 Å². The average molecular weight is 186 g/mol. The molecule has 0 unspecified atom stereocenters. The fourth-order valence-corrected chi connectivity index (χ4v) is 1.39. The van der Waals surface area contributed by atoms with Crippen LogP contribution < -0.4 is 4.90 Å². The van der Waals surface area contributed by atoms with Crippen molar-refractivity contribution in [3.8, 4) is 0 Å². The Bertz CT molecular complexity index is 367. The molecule has 71 valence electrons. The Hall–Kier alpha value is -1.77. The Kier molecular flexibility index (Phi) is 2.49. The summed E-state index contributed by atoms with van der Waals surface area (Å²) in [7, 11) is 0. The molecule has 3 nitrogen and oxygen atoms in total. The molecule has 1 radical (unpaired) electrons. The van der Waals surface area contributed by atoms with Crippen LogP contribution in [0.5, 0.6) is 0 Å². The smallest absolute Gasteiger partial charge is 0.207 e. The van der Waals surface area contributed by atoms with Crippen molar-refractivity contribution in [1.82, 2.24) is 9.97 Å². The zero-order valence-corrected chi connectivity index (χ0v) is 8.07. The molecule has 0 saturated carbocycles. The highest BCUT2D eigenvalue weighted by Crippen LogP contribution is 2.19. The maximum absolute atomic E-state index is 4.21. The highest BCUT2D eigenvalue weighted by atomic mass is 15.3. The van der Waals surface area contributed by atoms with Crippen molar-refractivity contribution in [3.63, 3.8) is 0 Å². The predicted octanol–water partition coefficient (Wildman–Crippen LogP) is 2.37. The third kappa shape index (κ3) is 1.62. The molecule has 0 fully saturated rings. The molecule has 2 aromatic rings. The zero-order valence-electron chi connectivity index (χ0n) is 8.07. The summed E-state index contributed by atoms with van der Waals surface area (Å²) in [4.78, 5) is 9.37. The molecule has 0 bridgehead atoms. The SMILES string of the molecule is CCN(c1[c]cccc1)c1ncc[nH]1. The summed E-state index contributed by atoms with van der Waals surface area (Å²) in [6, 6.07) is 11.1. The summed E-state index contributed by atoms with van der Waals surface area (Å²) in [6.07, 6.45) is 3.57. The van der Waals surface area contributed by atoms with Crippen LogP contribution in [-0.2, 0) is 0 Å². The number of aromatic nitrogens is 2. The van der Waals surface area contributed by atoms with Gasteiger partial charge in [0.05, 0.1) is 5.69 Å². The number of nitrogens with one attached hydrogen (secondary N) is 1. The van der Waals surface area contributed by atoms with Crippen molar-refractivity contribution in [2.24, 2.45) is 0 Å². The second-order valence-corrected chi connectivity index (χ2v) is 2.90. The van der Waals surface area contributed by atoms with Crippen LogP contribution in [0.3, 0.4) is 0 Å². The summed E-state index contributed by atoms with van der Waals surface area (Å²) in [6.45, 7) is 2.96. The first kappa shape index (κ1) is 8.81. The lowest BCUT2D eigenvalue weighted by Gasteiger charge is -2.19. The molecule has 2 rings (SSSR count). The van der Waals surface area contributed by atoms with Crippen LogP contribution in [-0.4, -0.2) is 16.5 Å². The van der Waals surface area contributed by atoms with E-state index < -0.39 is 0 Å². The number of H-pyrrole nitrogens is 1. The number of nitrogens with zero attached hydrogens (tertiary/aromatic N) is 2. The molecule has 0 aliphatic heterocycles. The van der Waals surface area contributed by atoms with E-state index >= 15 is 0 Å². The molecular formula is C11H12N3. The van der Waals surface area contributed by atoms with Gasteiger partial charge in [0, 0.05) is 25.0 Å². The van der Waals surface area contributed by atoms with Gasteiger partial charge in [-0.3, -0.25) is 0 Å². The number of hydrogen-bond donors (Lipinski definition) is 1. The van der Waals surface area contributed by atoms with Gasteiger partial charge in [-0.05, 0) is 13.0 Å². The maximum Gasteiger partial charge on any atom is 0.207 e. The molecule has 1 aromatic heterocycles. The van der Waals surface area contributed by atoms with Crippen LogP contribution in [0.25, 0.3) is 0 Å². The van der Waals surface area contributed by atoms with Crippen LogP contribution in [0.2, 0.25) is 0 Å². The zero-order chi connectivity index (χ0) is 9.80. The Labute approximate surface area is 83.4 Å². The number of para-hydroxylation sites is 1. The summed E-state index contributed by atoms with van der Waals surface area (Å²) in [5, 5.41) is 0. The number of benzene rings is 1. The molecule has 1 N–H and O–H groups in total. The number of anilines is 2. The van der Waals surface area contributed by atoms with Gasteiger partial charge in [-0.15, -0.1) is 0 Å². The highest BCUT2D eigenvalue weighted by Gasteiger charge is 2.07. The predicted molar refractivity (Wildman–Crippen MR) is 56.5 cm³/mol. The van der Waals surface area contributed by atoms with E-state index in [0.717, 1.165) is 18.2 Å². The Balaban J connectivity index is 2.31. The standard InChI is InChI=1S/C11H12N3/c1-2-14(11-12-8-9-13-11)10-6-4-3-5-7-10/h3-6,8-9H,2H2,1H3,(H,12,13). The second-order valence-electron chi connectivity index (χ2n) is 2.90. The lowest BCUT2D eigenvalue weighted by atomic mass is 10.3. The van der Waals surface area contributed by atoms with Crippen molar-refractivity contribution in [2.45, 2.75) is 6.92 Å². The molecule has 1 heterocycles. The Morgan fingerprint density at radius 3 is 3.00 bits per heavy atom. The lowest BCUT2D eigenvalue weighted by molar-refractivity contribution is 0.969. The van der Waals surface area contributed by atoms with Gasteiger partial charge >= 0.3 is 0 Å². The summed E-state index contributed by atoms with van der Waals surface area (Å²) < 4.78 is 0. The van der Waals surface area contributed by atoms with Crippen LogP contribution >= 0.6 is 0 Å². The van der Waals surface area contributed by atoms with E-state index in [1.165, 1.54) is 0 Å². The number of imidazole rings is 1. The molecule has 3 heteroatoms. The maximum atomic E-state index is 4.21. The fraction of sp³-hybridized carbons (Fsp3) is 0.182. The molecule has 0 aliphatic carbocycles. The van der Waals surface area contributed by atoms with E-state index in [4.69, 9.17) is 0 Å². The molecule has 14 heavy (non-hydrogen) atoms. The van der Waals surface area contributed by atoms with Crippen molar-refractivity contribution in [3.05, 3.63) is 42.7 Å². The van der Waals surface area contributed by atoms with Crippen molar-refractivity contribution >= 4 is 11.6 Å². The Morgan fingerprint density at radius 1 is 1.50 bits per heavy atom. The van der Waals surface area contributed by atoms with E-state index in [1.807, 2.05) is 30.5 Å². The van der Waals surface area contributed by atoms with Gasteiger partial charge in [0.1, 0.15) is 0 Å². The summed E-state index contributed by atoms with van der Waals surface area (Å²) in [5.41, 5.74) is 1.03. The van der Waals surface area contributed by atoms with Crippen molar-refractivity contribution < 1.29 is 0 Å². The van der Waals surface area contributed by atoms with Crippen molar-refractivity contribution in [2.75, 3.05) is 11.4 Å². The van der Waals surface area contributed by atoms with Gasteiger partial charge in [0.25, 0.3) is 0 Å². The monoisotopic (exact) mass is 186 g/mol. The van der Waals surface area contributed by atoms with E-state index in [9.17, 15) is 0 Å². The highest BCUT2D eigenvalue weighted by molar-refractivity contribution is 5.55. The van der Waals surface area contributed by atoms with Crippen LogP contribution in [0.15, 0.2) is 36.7 Å². The molecule has 0 spiro atoms. The van der Waals surface area contributed by atoms with Gasteiger partial charge in [0.2, 0.25) is 5.95 Å². The number of rotatable bonds is 3. The molecule has 0 aliphatic rings. The second kappa shape index (κ2) is 3.96. The number of hydrogen-bond acceptors (Lipinski definition) is 2. The molecule has 0 atom stereocenters. The van der Waals surface area contributed by atoms with Crippen LogP contribution in [0, 0.1) is 6.07 Å². The summed E-state index contributed by atoms with van der Waals surface area (Å²) >= 11 is 0.